The Kier molecular flexibility index (Phi) is 2.31. The summed E-state index contributed by atoms with van der Waals surface area (Å²) >= 11 is 6.14. The maximum atomic E-state index is 6.14. The molecule has 2 aromatic heterocycles. The predicted octanol–water partition coefficient (Wildman–Crippen LogP) is 2.56. The summed E-state index contributed by atoms with van der Waals surface area (Å²) in [5.74, 6) is 0.761. The predicted molar refractivity (Wildman–Crippen MR) is 60.6 cm³/mol. The molecule has 2 aromatic rings. The molecule has 4 nitrogen and oxygen atoms in total. The number of pyridine rings is 1. The lowest BCUT2D eigenvalue weighted by atomic mass is 10.2. The molecule has 0 fully saturated rings. The Bertz CT molecular complexity index is 519. The van der Waals surface area contributed by atoms with Crippen LogP contribution in [0.2, 0.25) is 5.02 Å². The molecule has 0 N–H and O–H groups in total. The maximum Gasteiger partial charge on any atom is 0.260 e. The van der Waals surface area contributed by atoms with Crippen LogP contribution in [0.5, 0.6) is 0 Å². The van der Waals surface area contributed by atoms with Gasteiger partial charge >= 0.3 is 0 Å². The summed E-state index contributed by atoms with van der Waals surface area (Å²) in [6, 6.07) is 0. The van der Waals surface area contributed by atoms with E-state index in [1.54, 1.807) is 0 Å². The van der Waals surface area contributed by atoms with Crippen LogP contribution in [0, 0.1) is 13.8 Å². The summed E-state index contributed by atoms with van der Waals surface area (Å²) in [4.78, 5) is 6.13. The Morgan fingerprint density at radius 3 is 2.53 bits per heavy atom. The van der Waals surface area contributed by atoms with Crippen LogP contribution in [0.4, 0.5) is 5.82 Å². The molecule has 0 amide bonds. The summed E-state index contributed by atoms with van der Waals surface area (Å²) in [5.41, 5.74) is 2.27. The van der Waals surface area contributed by atoms with Crippen molar-refractivity contribution in [3.8, 4) is 0 Å². The second-order valence-corrected chi connectivity index (χ2v) is 4.09. The van der Waals surface area contributed by atoms with Gasteiger partial charge in [0.05, 0.1) is 16.1 Å². The summed E-state index contributed by atoms with van der Waals surface area (Å²) in [6.07, 6.45) is 0. The molecule has 15 heavy (non-hydrogen) atoms. The van der Waals surface area contributed by atoms with E-state index in [0.717, 1.165) is 22.5 Å². The van der Waals surface area contributed by atoms with Crippen molar-refractivity contribution in [1.29, 1.82) is 0 Å². The number of fused-ring (bicyclic) bond motifs is 1. The quantitative estimate of drug-likeness (QED) is 0.748. The number of hydrogen-bond donors (Lipinski definition) is 0. The second kappa shape index (κ2) is 3.38. The van der Waals surface area contributed by atoms with Crippen molar-refractivity contribution in [2.45, 2.75) is 13.8 Å². The number of aromatic nitrogens is 2. The molecule has 2 heterocycles. The zero-order chi connectivity index (χ0) is 11.2. The van der Waals surface area contributed by atoms with E-state index in [2.05, 4.69) is 10.1 Å². The van der Waals surface area contributed by atoms with Crippen LogP contribution >= 0.6 is 11.6 Å². The molecule has 0 spiro atoms. The lowest BCUT2D eigenvalue weighted by Gasteiger charge is -2.09. The van der Waals surface area contributed by atoms with Gasteiger partial charge in [0, 0.05) is 14.1 Å². The average Bonchev–Trinajstić information content (AvgIpc) is 2.58. The van der Waals surface area contributed by atoms with Gasteiger partial charge in [-0.25, -0.2) is 4.98 Å². The van der Waals surface area contributed by atoms with Gasteiger partial charge < -0.3 is 9.42 Å². The van der Waals surface area contributed by atoms with Crippen molar-refractivity contribution in [3.05, 3.63) is 16.3 Å². The molecule has 0 bridgehead atoms. The van der Waals surface area contributed by atoms with E-state index in [1.165, 1.54) is 0 Å². The molecule has 0 atom stereocenters. The molecule has 0 aliphatic carbocycles. The van der Waals surface area contributed by atoms with Crippen molar-refractivity contribution in [3.63, 3.8) is 0 Å². The van der Waals surface area contributed by atoms with Crippen molar-refractivity contribution in [2.75, 3.05) is 19.0 Å². The summed E-state index contributed by atoms with van der Waals surface area (Å²) in [7, 11) is 3.81. The average molecular weight is 226 g/mol. The summed E-state index contributed by atoms with van der Waals surface area (Å²) in [5, 5.41) is 5.53. The van der Waals surface area contributed by atoms with Gasteiger partial charge in [-0.3, -0.25) is 0 Å². The van der Waals surface area contributed by atoms with E-state index in [4.69, 9.17) is 16.1 Å². The van der Waals surface area contributed by atoms with Gasteiger partial charge in [-0.05, 0) is 19.4 Å². The first-order chi connectivity index (χ1) is 7.02. The normalized spacial score (nSPS) is 11.0. The standard InChI is InChI=1S/C10H12ClN3O/c1-5-7-9(14(3)4)13-15-10(7)12-6(2)8(5)11/h1-4H3. The van der Waals surface area contributed by atoms with Gasteiger partial charge in [-0.1, -0.05) is 16.8 Å². The zero-order valence-corrected chi connectivity index (χ0v) is 9.88. The van der Waals surface area contributed by atoms with Crippen LogP contribution in [0.3, 0.4) is 0 Å². The highest BCUT2D eigenvalue weighted by Crippen LogP contribution is 2.32. The molecule has 0 aromatic carbocycles. The van der Waals surface area contributed by atoms with Gasteiger partial charge in [0.2, 0.25) is 0 Å². The third-order valence-corrected chi connectivity index (χ3v) is 2.93. The molecular weight excluding hydrogens is 214 g/mol. The van der Waals surface area contributed by atoms with Crippen LogP contribution in [0.25, 0.3) is 11.1 Å². The molecule has 0 aliphatic rings. The minimum absolute atomic E-state index is 0.540. The first-order valence-electron chi connectivity index (χ1n) is 4.61. The third-order valence-electron chi connectivity index (χ3n) is 2.37. The highest BCUT2D eigenvalue weighted by molar-refractivity contribution is 6.33. The second-order valence-electron chi connectivity index (χ2n) is 3.72. The number of rotatable bonds is 1. The fourth-order valence-electron chi connectivity index (χ4n) is 1.57. The Balaban J connectivity index is 2.85. The fourth-order valence-corrected chi connectivity index (χ4v) is 1.70. The van der Waals surface area contributed by atoms with Crippen LogP contribution < -0.4 is 4.90 Å². The smallest absolute Gasteiger partial charge is 0.260 e. The minimum Gasteiger partial charge on any atom is -0.359 e. The van der Waals surface area contributed by atoms with Gasteiger partial charge in [0.25, 0.3) is 5.71 Å². The van der Waals surface area contributed by atoms with Crippen molar-refractivity contribution in [1.82, 2.24) is 10.1 Å². The number of aryl methyl sites for hydroxylation is 2. The van der Waals surface area contributed by atoms with E-state index in [9.17, 15) is 0 Å². The lowest BCUT2D eigenvalue weighted by Crippen LogP contribution is -2.09. The summed E-state index contributed by atoms with van der Waals surface area (Å²) in [6.45, 7) is 3.80. The number of anilines is 1. The largest absolute Gasteiger partial charge is 0.359 e. The lowest BCUT2D eigenvalue weighted by molar-refractivity contribution is 0.449. The number of hydrogen-bond acceptors (Lipinski definition) is 4. The number of halogens is 1. The Labute approximate surface area is 92.8 Å². The molecule has 0 aliphatic heterocycles. The van der Waals surface area contributed by atoms with Crippen molar-refractivity contribution in [2.24, 2.45) is 0 Å². The van der Waals surface area contributed by atoms with Crippen LogP contribution in [0.15, 0.2) is 4.52 Å². The van der Waals surface area contributed by atoms with Gasteiger partial charge in [0.15, 0.2) is 5.82 Å². The topological polar surface area (TPSA) is 42.2 Å². The zero-order valence-electron chi connectivity index (χ0n) is 9.13. The van der Waals surface area contributed by atoms with Gasteiger partial charge in [-0.15, -0.1) is 0 Å². The van der Waals surface area contributed by atoms with E-state index < -0.39 is 0 Å². The van der Waals surface area contributed by atoms with E-state index in [1.807, 2.05) is 32.8 Å². The van der Waals surface area contributed by atoms with Gasteiger partial charge in [-0.2, -0.15) is 0 Å². The Morgan fingerprint density at radius 2 is 1.93 bits per heavy atom. The molecule has 0 saturated heterocycles. The Hall–Kier alpha value is -1.29. The molecule has 0 unspecified atom stereocenters. The number of nitrogens with zero attached hydrogens (tertiary/aromatic N) is 3. The third kappa shape index (κ3) is 1.45. The molecule has 5 heteroatoms. The monoisotopic (exact) mass is 225 g/mol. The van der Waals surface area contributed by atoms with Gasteiger partial charge in [0.1, 0.15) is 0 Å². The summed E-state index contributed by atoms with van der Waals surface area (Å²) < 4.78 is 5.17. The highest BCUT2D eigenvalue weighted by atomic mass is 35.5. The van der Waals surface area contributed by atoms with Crippen molar-refractivity contribution < 1.29 is 4.52 Å². The van der Waals surface area contributed by atoms with E-state index >= 15 is 0 Å². The molecule has 2 rings (SSSR count). The van der Waals surface area contributed by atoms with E-state index in [-0.39, 0.29) is 0 Å². The molecular formula is C10H12ClN3O. The highest BCUT2D eigenvalue weighted by Gasteiger charge is 2.17. The SMILES string of the molecule is Cc1nc2onc(N(C)C)c2c(C)c1Cl. The molecule has 0 radical (unpaired) electrons. The van der Waals surface area contributed by atoms with E-state index in [0.29, 0.717) is 10.7 Å². The molecule has 0 saturated carbocycles. The van der Waals surface area contributed by atoms with Crippen molar-refractivity contribution >= 4 is 28.5 Å². The van der Waals surface area contributed by atoms with Crippen LogP contribution in [-0.4, -0.2) is 24.2 Å². The first kappa shape index (κ1) is 10.2. The fraction of sp³-hybridized carbons (Fsp3) is 0.400. The maximum absolute atomic E-state index is 6.14. The van der Waals surface area contributed by atoms with Crippen LogP contribution in [0.1, 0.15) is 11.3 Å². The van der Waals surface area contributed by atoms with Crippen LogP contribution in [-0.2, 0) is 0 Å². The minimum atomic E-state index is 0.540. The Morgan fingerprint density at radius 1 is 1.27 bits per heavy atom. The first-order valence-corrected chi connectivity index (χ1v) is 4.99. The molecule has 80 valence electrons.